The standard InChI is InChI=1S/C45H26N4OS/c1-3-12-27(13-4-1)43-46-44(28-14-5-2-6-15-28)48-45(47-43)29-22-24-38-33(26-29)41-39(51-38)25-23-37-40(41)32-18-11-21-36(42(32)50-37)49-34-19-9-7-16-30(34)31-17-8-10-20-35(31)49/h1-26H. The van der Waals surface area contributed by atoms with E-state index in [0.717, 1.165) is 60.7 Å². The molecule has 238 valence electrons. The molecule has 4 heterocycles. The fourth-order valence-electron chi connectivity index (χ4n) is 7.58. The van der Waals surface area contributed by atoms with Crippen LogP contribution in [0.4, 0.5) is 0 Å². The first-order valence-electron chi connectivity index (χ1n) is 16.9. The number of hydrogen-bond acceptors (Lipinski definition) is 5. The van der Waals surface area contributed by atoms with Gasteiger partial charge in [-0.05, 0) is 48.5 Å². The summed E-state index contributed by atoms with van der Waals surface area (Å²) in [5, 5.41) is 7.02. The molecular weight excluding hydrogens is 645 g/mol. The van der Waals surface area contributed by atoms with E-state index in [1.54, 1.807) is 11.3 Å². The predicted molar refractivity (Wildman–Crippen MR) is 211 cm³/mol. The van der Waals surface area contributed by atoms with Crippen molar-refractivity contribution in [2.75, 3.05) is 0 Å². The molecule has 0 aliphatic rings. The van der Waals surface area contributed by atoms with Crippen LogP contribution in [0.15, 0.2) is 162 Å². The zero-order chi connectivity index (χ0) is 33.5. The highest BCUT2D eigenvalue weighted by atomic mass is 32.1. The molecule has 0 radical (unpaired) electrons. The Kier molecular flexibility index (Phi) is 6.05. The van der Waals surface area contributed by atoms with Gasteiger partial charge in [0.15, 0.2) is 23.1 Å². The molecule has 0 saturated heterocycles. The second-order valence-electron chi connectivity index (χ2n) is 12.8. The van der Waals surface area contributed by atoms with Gasteiger partial charge in [-0.2, -0.15) is 0 Å². The fourth-order valence-corrected chi connectivity index (χ4v) is 8.67. The van der Waals surface area contributed by atoms with Crippen LogP contribution >= 0.6 is 11.3 Å². The van der Waals surface area contributed by atoms with E-state index in [1.807, 2.05) is 60.7 Å². The highest BCUT2D eigenvalue weighted by Gasteiger charge is 2.21. The Bertz CT molecular complexity index is 3030. The molecule has 51 heavy (non-hydrogen) atoms. The monoisotopic (exact) mass is 670 g/mol. The van der Waals surface area contributed by atoms with Gasteiger partial charge >= 0.3 is 0 Å². The van der Waals surface area contributed by atoms with Crippen molar-refractivity contribution in [3.8, 4) is 39.9 Å². The maximum absolute atomic E-state index is 6.83. The average molecular weight is 671 g/mol. The molecule has 0 atom stereocenters. The van der Waals surface area contributed by atoms with Gasteiger partial charge in [0.2, 0.25) is 0 Å². The van der Waals surface area contributed by atoms with Gasteiger partial charge in [0.05, 0.1) is 16.7 Å². The summed E-state index contributed by atoms with van der Waals surface area (Å²) in [4.78, 5) is 14.9. The zero-order valence-corrected chi connectivity index (χ0v) is 27.9. The first-order chi connectivity index (χ1) is 25.3. The molecule has 11 aromatic rings. The SMILES string of the molecule is c1ccc(-c2nc(-c3ccccc3)nc(-c3ccc4sc5ccc6oc7c(-n8c9ccccc9c9ccccc98)cccc7c6c5c4c3)n2)cc1. The lowest BCUT2D eigenvalue weighted by molar-refractivity contribution is 0.666. The van der Waals surface area contributed by atoms with E-state index in [1.165, 1.54) is 25.6 Å². The second kappa shape index (κ2) is 10.9. The molecule has 7 aromatic carbocycles. The van der Waals surface area contributed by atoms with Crippen LogP contribution in [-0.2, 0) is 0 Å². The van der Waals surface area contributed by atoms with Crippen molar-refractivity contribution >= 4 is 75.3 Å². The maximum atomic E-state index is 6.83. The first kappa shape index (κ1) is 28.2. The van der Waals surface area contributed by atoms with Crippen LogP contribution < -0.4 is 0 Å². The van der Waals surface area contributed by atoms with Crippen LogP contribution in [-0.4, -0.2) is 19.5 Å². The number of para-hydroxylation sites is 3. The summed E-state index contributed by atoms with van der Waals surface area (Å²) < 4.78 is 11.6. The number of rotatable bonds is 4. The van der Waals surface area contributed by atoms with E-state index >= 15 is 0 Å². The summed E-state index contributed by atoms with van der Waals surface area (Å²) in [7, 11) is 0. The molecule has 0 bridgehead atoms. The number of aromatic nitrogens is 4. The lowest BCUT2D eigenvalue weighted by Crippen LogP contribution is -2.00. The molecule has 0 aliphatic heterocycles. The van der Waals surface area contributed by atoms with Gasteiger partial charge in [0.25, 0.3) is 0 Å². The van der Waals surface area contributed by atoms with Crippen LogP contribution in [0.1, 0.15) is 0 Å². The summed E-state index contributed by atoms with van der Waals surface area (Å²) in [5.41, 5.74) is 7.93. The third-order valence-electron chi connectivity index (χ3n) is 9.85. The minimum absolute atomic E-state index is 0.641. The van der Waals surface area contributed by atoms with Gasteiger partial charge < -0.3 is 8.98 Å². The topological polar surface area (TPSA) is 56.7 Å². The molecule has 0 spiro atoms. The van der Waals surface area contributed by atoms with Crippen molar-refractivity contribution in [2.45, 2.75) is 0 Å². The largest absolute Gasteiger partial charge is 0.454 e. The van der Waals surface area contributed by atoms with Gasteiger partial charge in [-0.15, -0.1) is 11.3 Å². The van der Waals surface area contributed by atoms with Crippen LogP contribution in [0.25, 0.3) is 104 Å². The molecule has 0 N–H and O–H groups in total. The third-order valence-corrected chi connectivity index (χ3v) is 11.0. The Morgan fingerprint density at radius 2 is 1.00 bits per heavy atom. The smallest absolute Gasteiger partial charge is 0.164 e. The number of thiophene rings is 1. The van der Waals surface area contributed by atoms with E-state index < -0.39 is 0 Å². The normalized spacial score (nSPS) is 11.9. The molecule has 4 aromatic heterocycles. The highest BCUT2D eigenvalue weighted by molar-refractivity contribution is 7.26. The fraction of sp³-hybridized carbons (Fsp3) is 0. The Morgan fingerprint density at radius 3 is 1.67 bits per heavy atom. The minimum atomic E-state index is 0.641. The van der Waals surface area contributed by atoms with Crippen LogP contribution in [0.2, 0.25) is 0 Å². The minimum Gasteiger partial charge on any atom is -0.454 e. The number of furan rings is 1. The van der Waals surface area contributed by atoms with Gasteiger partial charge in [0.1, 0.15) is 5.58 Å². The molecule has 0 saturated carbocycles. The van der Waals surface area contributed by atoms with Crippen molar-refractivity contribution in [1.29, 1.82) is 0 Å². The Balaban J connectivity index is 1.16. The van der Waals surface area contributed by atoms with Crippen molar-refractivity contribution in [2.24, 2.45) is 0 Å². The van der Waals surface area contributed by atoms with E-state index in [9.17, 15) is 0 Å². The first-order valence-corrected chi connectivity index (χ1v) is 17.8. The van der Waals surface area contributed by atoms with Crippen molar-refractivity contribution < 1.29 is 4.42 Å². The highest BCUT2D eigenvalue weighted by Crippen LogP contribution is 2.45. The molecule has 0 aliphatic carbocycles. The Hall–Kier alpha value is -6.63. The van der Waals surface area contributed by atoms with E-state index in [0.29, 0.717) is 17.5 Å². The van der Waals surface area contributed by atoms with Crippen molar-refractivity contribution in [1.82, 2.24) is 19.5 Å². The lowest BCUT2D eigenvalue weighted by atomic mass is 10.0. The van der Waals surface area contributed by atoms with Gasteiger partial charge in [-0.25, -0.2) is 15.0 Å². The van der Waals surface area contributed by atoms with E-state index in [4.69, 9.17) is 19.4 Å². The third kappa shape index (κ3) is 4.30. The molecule has 0 amide bonds. The quantitative estimate of drug-likeness (QED) is 0.187. The van der Waals surface area contributed by atoms with Gasteiger partial charge in [-0.3, -0.25) is 0 Å². The van der Waals surface area contributed by atoms with Gasteiger partial charge in [0, 0.05) is 58.4 Å². The van der Waals surface area contributed by atoms with Crippen LogP contribution in [0.5, 0.6) is 0 Å². The summed E-state index contributed by atoms with van der Waals surface area (Å²) in [6.07, 6.45) is 0. The molecule has 6 heteroatoms. The van der Waals surface area contributed by atoms with E-state index in [2.05, 4.69) is 102 Å². The zero-order valence-electron chi connectivity index (χ0n) is 27.1. The van der Waals surface area contributed by atoms with Crippen LogP contribution in [0, 0.1) is 0 Å². The lowest BCUT2D eigenvalue weighted by Gasteiger charge is -2.09. The summed E-state index contributed by atoms with van der Waals surface area (Å²) in [5.74, 6) is 1.94. The molecular formula is C45H26N4OS. The average Bonchev–Trinajstić information content (AvgIpc) is 3.87. The van der Waals surface area contributed by atoms with Crippen LogP contribution in [0.3, 0.4) is 0 Å². The summed E-state index contributed by atoms with van der Waals surface area (Å²) in [6.45, 7) is 0. The predicted octanol–water partition coefficient (Wildman–Crippen LogP) is 12.2. The second-order valence-corrected chi connectivity index (χ2v) is 13.9. The number of benzene rings is 7. The Morgan fingerprint density at radius 1 is 0.431 bits per heavy atom. The summed E-state index contributed by atoms with van der Waals surface area (Å²) >= 11 is 1.80. The molecule has 0 unspecified atom stereocenters. The van der Waals surface area contributed by atoms with E-state index in [-0.39, 0.29) is 0 Å². The van der Waals surface area contributed by atoms with Crippen molar-refractivity contribution in [3.63, 3.8) is 0 Å². The summed E-state index contributed by atoms with van der Waals surface area (Å²) in [6, 6.07) is 54.8. The van der Waals surface area contributed by atoms with Gasteiger partial charge in [-0.1, -0.05) is 109 Å². The molecule has 11 rings (SSSR count). The number of fused-ring (bicyclic) bond motifs is 10. The number of nitrogens with zero attached hydrogens (tertiary/aromatic N) is 4. The Labute approximate surface area is 295 Å². The molecule has 0 fully saturated rings. The molecule has 5 nitrogen and oxygen atoms in total. The van der Waals surface area contributed by atoms with Crippen molar-refractivity contribution in [3.05, 3.63) is 158 Å². The maximum Gasteiger partial charge on any atom is 0.164 e. The number of hydrogen-bond donors (Lipinski definition) is 0.